The maximum atomic E-state index is 12.1. The third-order valence-corrected chi connectivity index (χ3v) is 1.79. The van der Waals surface area contributed by atoms with Crippen molar-refractivity contribution in [2.75, 3.05) is 32.8 Å². The molecule has 0 rings (SSSR count). The Hall–Kier alpha value is -1.03. The summed E-state index contributed by atoms with van der Waals surface area (Å²) in [6.07, 6.45) is -9.19. The second-order valence-corrected chi connectivity index (χ2v) is 3.74. The number of hydrogen-bond donors (Lipinski definition) is 1. The van der Waals surface area contributed by atoms with Crippen LogP contribution in [0, 0.1) is 0 Å². The largest absolute Gasteiger partial charge is 0.480 e. The average Bonchev–Trinajstić information content (AvgIpc) is 2.11. The van der Waals surface area contributed by atoms with E-state index in [2.05, 4.69) is 4.74 Å². The van der Waals surface area contributed by atoms with Gasteiger partial charge in [0.25, 0.3) is 0 Å². The number of ether oxygens (including phenoxy) is 1. The third-order valence-electron chi connectivity index (χ3n) is 1.79. The van der Waals surface area contributed by atoms with Crippen LogP contribution in [0.4, 0.5) is 26.3 Å². The molecular weight excluding hydrogens is 284 g/mol. The fraction of sp³-hybridized carbons (Fsp3) is 0.889. The molecule has 10 heteroatoms. The Labute approximate surface area is 104 Å². The molecule has 0 atom stereocenters. The van der Waals surface area contributed by atoms with E-state index >= 15 is 0 Å². The Morgan fingerprint density at radius 3 is 2.11 bits per heavy atom. The van der Waals surface area contributed by atoms with Crippen molar-refractivity contribution in [2.24, 2.45) is 0 Å². The van der Waals surface area contributed by atoms with Crippen LogP contribution >= 0.6 is 0 Å². The van der Waals surface area contributed by atoms with Gasteiger partial charge in [0.05, 0.1) is 13.1 Å². The van der Waals surface area contributed by atoms with Gasteiger partial charge in [-0.25, -0.2) is 0 Å². The molecule has 0 aromatic rings. The number of carboxylic acids is 1. The van der Waals surface area contributed by atoms with Gasteiger partial charge in [-0.1, -0.05) is 0 Å². The zero-order valence-corrected chi connectivity index (χ0v) is 9.72. The van der Waals surface area contributed by atoms with E-state index in [4.69, 9.17) is 5.11 Å². The van der Waals surface area contributed by atoms with E-state index in [1.54, 1.807) is 0 Å². The van der Waals surface area contributed by atoms with E-state index in [1.807, 2.05) is 0 Å². The molecule has 0 aromatic carbocycles. The van der Waals surface area contributed by atoms with E-state index in [1.165, 1.54) is 0 Å². The van der Waals surface area contributed by atoms with E-state index in [0.717, 1.165) is 0 Å². The summed E-state index contributed by atoms with van der Waals surface area (Å²) in [5.74, 6) is -1.44. The summed E-state index contributed by atoms with van der Waals surface area (Å²) in [5, 5.41) is 8.40. The van der Waals surface area contributed by atoms with Gasteiger partial charge in [0.15, 0.2) is 0 Å². The number of hydrogen-bond acceptors (Lipinski definition) is 3. The van der Waals surface area contributed by atoms with Crippen LogP contribution in [-0.4, -0.2) is 61.2 Å². The standard InChI is InChI=1S/C9H13F6NO3/c10-8(11,12)5-16(4-7(17)18)2-1-3-19-6-9(13,14)15/h1-6H2,(H,17,18). The fourth-order valence-corrected chi connectivity index (χ4v) is 1.24. The lowest BCUT2D eigenvalue weighted by molar-refractivity contribution is -0.174. The first-order valence-electron chi connectivity index (χ1n) is 5.15. The normalized spacial score (nSPS) is 13.0. The van der Waals surface area contributed by atoms with E-state index in [0.29, 0.717) is 4.90 Å². The first-order valence-corrected chi connectivity index (χ1v) is 5.15. The minimum Gasteiger partial charge on any atom is -0.480 e. The molecule has 0 heterocycles. The molecule has 1 N–H and O–H groups in total. The molecule has 0 spiro atoms. The molecule has 114 valence electrons. The number of carboxylic acid groups (broad SMARTS) is 1. The summed E-state index contributed by atoms with van der Waals surface area (Å²) in [7, 11) is 0. The van der Waals surface area contributed by atoms with Crippen molar-refractivity contribution in [1.82, 2.24) is 4.90 Å². The second-order valence-electron chi connectivity index (χ2n) is 3.74. The molecule has 0 saturated carbocycles. The fourth-order valence-electron chi connectivity index (χ4n) is 1.24. The highest BCUT2D eigenvalue weighted by Gasteiger charge is 2.31. The van der Waals surface area contributed by atoms with Gasteiger partial charge >= 0.3 is 18.3 Å². The van der Waals surface area contributed by atoms with Gasteiger partial charge < -0.3 is 9.84 Å². The lowest BCUT2D eigenvalue weighted by Crippen LogP contribution is -2.38. The number of nitrogens with zero attached hydrogens (tertiary/aromatic N) is 1. The van der Waals surface area contributed by atoms with Crippen LogP contribution in [0.25, 0.3) is 0 Å². The predicted molar refractivity (Wildman–Crippen MR) is 51.6 cm³/mol. The van der Waals surface area contributed by atoms with Crippen LogP contribution in [0.3, 0.4) is 0 Å². The number of rotatable bonds is 8. The summed E-state index contributed by atoms with van der Waals surface area (Å²) in [6.45, 7) is -4.46. The van der Waals surface area contributed by atoms with Gasteiger partial charge in [-0.05, 0) is 6.42 Å². The molecule has 0 aliphatic heterocycles. The highest BCUT2D eigenvalue weighted by atomic mass is 19.4. The summed E-state index contributed by atoms with van der Waals surface area (Å²) in [5.41, 5.74) is 0. The number of aliphatic carboxylic acids is 1. The topological polar surface area (TPSA) is 49.8 Å². The highest BCUT2D eigenvalue weighted by molar-refractivity contribution is 5.69. The number of carbonyl (C=O) groups is 1. The number of halogens is 6. The third kappa shape index (κ3) is 13.2. The highest BCUT2D eigenvalue weighted by Crippen LogP contribution is 2.17. The molecule has 0 saturated heterocycles. The minimum atomic E-state index is -4.57. The maximum absolute atomic E-state index is 12.1. The first kappa shape index (κ1) is 18.0. The van der Waals surface area contributed by atoms with Crippen LogP contribution in [0.5, 0.6) is 0 Å². The zero-order chi connectivity index (χ0) is 15.1. The van der Waals surface area contributed by atoms with Crippen LogP contribution in [0.2, 0.25) is 0 Å². The molecule has 0 amide bonds. The van der Waals surface area contributed by atoms with Crippen molar-refractivity contribution in [3.05, 3.63) is 0 Å². The predicted octanol–water partition coefficient (Wildman–Crippen LogP) is 1.90. The van der Waals surface area contributed by atoms with E-state index in [9.17, 15) is 31.1 Å². The van der Waals surface area contributed by atoms with Crippen molar-refractivity contribution in [3.8, 4) is 0 Å². The van der Waals surface area contributed by atoms with Gasteiger partial charge in [-0.2, -0.15) is 26.3 Å². The van der Waals surface area contributed by atoms with Gasteiger partial charge in [-0.3, -0.25) is 9.69 Å². The molecule has 0 radical (unpaired) electrons. The molecule has 0 aliphatic carbocycles. The van der Waals surface area contributed by atoms with Crippen molar-refractivity contribution in [1.29, 1.82) is 0 Å². The Balaban J connectivity index is 3.96. The summed E-state index contributed by atoms with van der Waals surface area (Å²) in [6, 6.07) is 0. The molecule has 0 fully saturated rings. The smallest absolute Gasteiger partial charge is 0.411 e. The quantitative estimate of drug-likeness (QED) is 0.549. The monoisotopic (exact) mass is 297 g/mol. The molecule has 0 aromatic heterocycles. The molecule has 19 heavy (non-hydrogen) atoms. The summed E-state index contributed by atoms with van der Waals surface area (Å²) in [4.78, 5) is 10.9. The van der Waals surface area contributed by atoms with Gasteiger partial charge in [0.2, 0.25) is 0 Å². The minimum absolute atomic E-state index is 0.126. The molecule has 0 bridgehead atoms. The Bertz CT molecular complexity index is 278. The maximum Gasteiger partial charge on any atom is 0.411 e. The lowest BCUT2D eigenvalue weighted by Gasteiger charge is -2.21. The van der Waals surface area contributed by atoms with E-state index in [-0.39, 0.29) is 13.0 Å². The number of alkyl halides is 6. The second kappa shape index (κ2) is 7.53. The van der Waals surface area contributed by atoms with Gasteiger partial charge in [-0.15, -0.1) is 0 Å². The molecule has 0 unspecified atom stereocenters. The molecule has 0 aliphatic rings. The van der Waals surface area contributed by atoms with Gasteiger partial charge in [0, 0.05) is 13.2 Å². The average molecular weight is 297 g/mol. The van der Waals surface area contributed by atoms with Crippen LogP contribution in [-0.2, 0) is 9.53 Å². The summed E-state index contributed by atoms with van der Waals surface area (Å²) >= 11 is 0. The van der Waals surface area contributed by atoms with E-state index < -0.39 is 44.6 Å². The van der Waals surface area contributed by atoms with Crippen LogP contribution in [0.15, 0.2) is 0 Å². The molecule has 4 nitrogen and oxygen atoms in total. The Morgan fingerprint density at radius 2 is 1.68 bits per heavy atom. The Morgan fingerprint density at radius 1 is 1.11 bits per heavy atom. The zero-order valence-electron chi connectivity index (χ0n) is 9.72. The summed E-state index contributed by atoms with van der Waals surface area (Å²) < 4.78 is 75.4. The van der Waals surface area contributed by atoms with Crippen molar-refractivity contribution in [2.45, 2.75) is 18.8 Å². The van der Waals surface area contributed by atoms with Crippen LogP contribution in [0.1, 0.15) is 6.42 Å². The van der Waals surface area contributed by atoms with Crippen LogP contribution < -0.4 is 0 Å². The SMILES string of the molecule is O=C(O)CN(CCCOCC(F)(F)F)CC(F)(F)F. The van der Waals surface area contributed by atoms with Gasteiger partial charge in [0.1, 0.15) is 6.61 Å². The van der Waals surface area contributed by atoms with Crippen molar-refractivity contribution >= 4 is 5.97 Å². The first-order chi connectivity index (χ1) is 8.49. The van der Waals surface area contributed by atoms with Crippen molar-refractivity contribution < 1.29 is 41.0 Å². The van der Waals surface area contributed by atoms with Crippen molar-refractivity contribution in [3.63, 3.8) is 0 Å². The Kier molecular flexibility index (Phi) is 7.12. The molecular formula is C9H13F6NO3. The lowest BCUT2D eigenvalue weighted by atomic mass is 10.3.